The van der Waals surface area contributed by atoms with E-state index in [-0.39, 0.29) is 30.9 Å². The lowest BCUT2D eigenvalue weighted by Gasteiger charge is -2.06. The van der Waals surface area contributed by atoms with Crippen molar-refractivity contribution in [2.45, 2.75) is 71.8 Å². The van der Waals surface area contributed by atoms with E-state index < -0.39 is 0 Å². The molecule has 0 aliphatic carbocycles. The molecule has 0 aromatic rings. The van der Waals surface area contributed by atoms with Gasteiger partial charge in [0, 0.05) is 12.0 Å². The third-order valence-corrected chi connectivity index (χ3v) is 4.05. The average Bonchev–Trinajstić information content (AvgIpc) is 2.87. The van der Waals surface area contributed by atoms with Crippen LogP contribution in [-0.2, 0) is 14.3 Å². The Hall–Kier alpha value is -1.68. The van der Waals surface area contributed by atoms with Crippen molar-refractivity contribution in [1.82, 2.24) is 0 Å². The van der Waals surface area contributed by atoms with Crippen LogP contribution in [0, 0.1) is 0 Å². The van der Waals surface area contributed by atoms with E-state index in [2.05, 4.69) is 6.92 Å². The first kappa shape index (κ1) is 20.4. The highest BCUT2D eigenvalue weighted by molar-refractivity contribution is 6.01. The molecule has 0 aromatic carbocycles. The smallest absolute Gasteiger partial charge is 0.334 e. The SMILES string of the molecule is CCCCCC1C=C(CC(=O)/C=C(\C)CC/C=C(\C)CO)C(=O)O1. The number of rotatable bonds is 11. The van der Waals surface area contributed by atoms with Crippen molar-refractivity contribution in [3.63, 3.8) is 0 Å². The van der Waals surface area contributed by atoms with Crippen molar-refractivity contribution in [1.29, 1.82) is 0 Å². The quantitative estimate of drug-likeness (QED) is 0.268. The first-order chi connectivity index (χ1) is 11.5. The number of carbonyl (C=O) groups is 2. The van der Waals surface area contributed by atoms with Crippen LogP contribution in [0.5, 0.6) is 0 Å². The van der Waals surface area contributed by atoms with Crippen LogP contribution >= 0.6 is 0 Å². The van der Waals surface area contributed by atoms with Crippen LogP contribution in [0.25, 0.3) is 0 Å². The summed E-state index contributed by atoms with van der Waals surface area (Å²) in [5.74, 6) is -0.412. The van der Waals surface area contributed by atoms with E-state index in [1.54, 1.807) is 6.08 Å². The first-order valence-corrected chi connectivity index (χ1v) is 8.84. The van der Waals surface area contributed by atoms with Crippen molar-refractivity contribution in [3.8, 4) is 0 Å². The zero-order valence-electron chi connectivity index (χ0n) is 15.1. The summed E-state index contributed by atoms with van der Waals surface area (Å²) in [6.45, 7) is 5.99. The fraction of sp³-hybridized carbons (Fsp3) is 0.600. The third-order valence-electron chi connectivity index (χ3n) is 4.05. The number of aliphatic hydroxyl groups excluding tert-OH is 1. The number of ether oxygens (including phenoxy) is 1. The molecule has 24 heavy (non-hydrogen) atoms. The molecule has 0 aromatic heterocycles. The molecule has 1 rings (SSSR count). The molecule has 0 amide bonds. The van der Waals surface area contributed by atoms with Gasteiger partial charge in [-0.1, -0.05) is 37.0 Å². The zero-order valence-corrected chi connectivity index (χ0v) is 15.1. The molecule has 4 heteroatoms. The molecular weight excluding hydrogens is 304 g/mol. The van der Waals surface area contributed by atoms with Gasteiger partial charge < -0.3 is 9.84 Å². The van der Waals surface area contributed by atoms with Crippen LogP contribution in [0.2, 0.25) is 0 Å². The van der Waals surface area contributed by atoms with Gasteiger partial charge in [0.2, 0.25) is 0 Å². The molecule has 134 valence electrons. The second kappa shape index (κ2) is 11.0. The van der Waals surface area contributed by atoms with Gasteiger partial charge in [0.1, 0.15) is 6.10 Å². The first-order valence-electron chi connectivity index (χ1n) is 8.84. The number of ketones is 1. The van der Waals surface area contributed by atoms with Gasteiger partial charge in [-0.05, 0) is 51.7 Å². The average molecular weight is 334 g/mol. The summed E-state index contributed by atoms with van der Waals surface area (Å²) in [5, 5.41) is 8.93. The maximum Gasteiger partial charge on any atom is 0.334 e. The van der Waals surface area contributed by atoms with E-state index in [1.165, 1.54) is 0 Å². The lowest BCUT2D eigenvalue weighted by atomic mass is 10.0. The Labute approximate surface area is 145 Å². The molecular formula is C20H30O4. The number of aliphatic hydroxyl groups is 1. The number of cyclic esters (lactones) is 1. The van der Waals surface area contributed by atoms with Gasteiger partial charge in [0.15, 0.2) is 5.78 Å². The molecule has 4 nitrogen and oxygen atoms in total. The van der Waals surface area contributed by atoms with E-state index in [4.69, 9.17) is 9.84 Å². The van der Waals surface area contributed by atoms with Crippen molar-refractivity contribution >= 4 is 11.8 Å². The molecule has 1 aliphatic rings. The number of esters is 1. The van der Waals surface area contributed by atoms with Crippen LogP contribution in [0.3, 0.4) is 0 Å². The second-order valence-corrected chi connectivity index (χ2v) is 6.51. The molecule has 1 unspecified atom stereocenters. The summed E-state index contributed by atoms with van der Waals surface area (Å²) in [5.41, 5.74) is 2.40. The van der Waals surface area contributed by atoms with Crippen molar-refractivity contribution in [2.75, 3.05) is 6.61 Å². The van der Waals surface area contributed by atoms with Crippen LogP contribution < -0.4 is 0 Å². The Morgan fingerprint density at radius 2 is 2.04 bits per heavy atom. The Kier molecular flexibility index (Phi) is 9.31. The number of hydrogen-bond donors (Lipinski definition) is 1. The highest BCUT2D eigenvalue weighted by Gasteiger charge is 2.25. The molecule has 1 atom stereocenters. The van der Waals surface area contributed by atoms with E-state index in [9.17, 15) is 9.59 Å². The van der Waals surface area contributed by atoms with Crippen molar-refractivity contribution in [3.05, 3.63) is 34.9 Å². The highest BCUT2D eigenvalue weighted by Crippen LogP contribution is 2.21. The molecule has 0 radical (unpaired) electrons. The lowest BCUT2D eigenvalue weighted by Crippen LogP contribution is -2.09. The van der Waals surface area contributed by atoms with E-state index in [0.29, 0.717) is 5.57 Å². The summed E-state index contributed by atoms with van der Waals surface area (Å²) in [6, 6.07) is 0. The van der Waals surface area contributed by atoms with Crippen LogP contribution in [0.1, 0.15) is 65.7 Å². The highest BCUT2D eigenvalue weighted by atomic mass is 16.5. The topological polar surface area (TPSA) is 63.6 Å². The van der Waals surface area contributed by atoms with Crippen LogP contribution in [-0.4, -0.2) is 29.6 Å². The van der Waals surface area contributed by atoms with Gasteiger partial charge in [-0.15, -0.1) is 0 Å². The summed E-state index contributed by atoms with van der Waals surface area (Å²) in [6.07, 6.45) is 11.0. The molecule has 0 spiro atoms. The molecule has 0 fully saturated rings. The van der Waals surface area contributed by atoms with Gasteiger partial charge in [-0.2, -0.15) is 0 Å². The fourth-order valence-corrected chi connectivity index (χ4v) is 2.61. The monoisotopic (exact) mass is 334 g/mol. The standard InChI is InChI=1S/C20H30O4/c1-4-5-6-10-19-13-17(20(23)24-19)12-18(22)11-15(2)8-7-9-16(3)14-21/h9,11,13,19,21H,4-8,10,12,14H2,1-3H3/b15-11+,16-9+. The largest absolute Gasteiger partial charge is 0.455 e. The number of hydrogen-bond acceptors (Lipinski definition) is 4. The van der Waals surface area contributed by atoms with Gasteiger partial charge in [0.05, 0.1) is 6.61 Å². The predicted octanol–water partition coefficient (Wildman–Crippen LogP) is 4.04. The van der Waals surface area contributed by atoms with E-state index in [0.717, 1.165) is 49.7 Å². The number of unbranched alkanes of at least 4 members (excludes halogenated alkanes) is 2. The predicted molar refractivity (Wildman–Crippen MR) is 95.6 cm³/mol. The van der Waals surface area contributed by atoms with Crippen LogP contribution in [0.4, 0.5) is 0 Å². The molecule has 0 saturated heterocycles. The number of allylic oxidation sites excluding steroid dienone is 3. The van der Waals surface area contributed by atoms with Gasteiger partial charge in [-0.25, -0.2) is 4.79 Å². The molecule has 0 bridgehead atoms. The minimum Gasteiger partial charge on any atom is -0.455 e. The summed E-state index contributed by atoms with van der Waals surface area (Å²) < 4.78 is 5.29. The van der Waals surface area contributed by atoms with Gasteiger partial charge in [0.25, 0.3) is 0 Å². The normalized spacial score (nSPS) is 18.6. The Morgan fingerprint density at radius 3 is 2.71 bits per heavy atom. The second-order valence-electron chi connectivity index (χ2n) is 6.51. The maximum absolute atomic E-state index is 12.1. The van der Waals surface area contributed by atoms with Crippen molar-refractivity contribution < 1.29 is 19.4 Å². The van der Waals surface area contributed by atoms with Crippen LogP contribution in [0.15, 0.2) is 34.9 Å². The Morgan fingerprint density at radius 1 is 1.29 bits per heavy atom. The van der Waals surface area contributed by atoms with Crippen molar-refractivity contribution in [2.24, 2.45) is 0 Å². The molecule has 1 heterocycles. The molecule has 1 aliphatic heterocycles. The molecule has 1 N–H and O–H groups in total. The zero-order chi connectivity index (χ0) is 17.9. The van der Waals surface area contributed by atoms with Gasteiger partial charge >= 0.3 is 5.97 Å². The minimum absolute atomic E-state index is 0.0623. The minimum atomic E-state index is -0.350. The third kappa shape index (κ3) is 7.73. The number of carbonyl (C=O) groups excluding carboxylic acids is 2. The Bertz CT molecular complexity index is 526. The van der Waals surface area contributed by atoms with E-state index >= 15 is 0 Å². The summed E-state index contributed by atoms with van der Waals surface area (Å²) in [7, 11) is 0. The lowest BCUT2D eigenvalue weighted by molar-refractivity contribution is -0.140. The molecule has 0 saturated carbocycles. The van der Waals surface area contributed by atoms with Gasteiger partial charge in [-0.3, -0.25) is 4.79 Å². The maximum atomic E-state index is 12.1. The fourth-order valence-electron chi connectivity index (χ4n) is 2.61. The summed E-state index contributed by atoms with van der Waals surface area (Å²) >= 11 is 0. The summed E-state index contributed by atoms with van der Waals surface area (Å²) in [4.78, 5) is 23.9. The van der Waals surface area contributed by atoms with E-state index in [1.807, 2.05) is 26.0 Å². The Balaban J connectivity index is 2.46.